The Labute approximate surface area is 296 Å². The fraction of sp³-hybridized carbons (Fsp3) is 0.406. The van der Waals surface area contributed by atoms with Crippen LogP contribution in [0.1, 0.15) is 101 Å². The standard InChI is InChI=1S/C28H36N6.CH2Cl2.3CO.ClH.Re/c1-17(2)21-11-9-12-22(18(3)4)27(21)33-15-25(29-31-33)26-16-34(32-30-26)28-23(19(5)6)13-10-14-24(28)20(7)8;2-1-3;3*1-2;;/h9-20H,1-8H3;1H2;;;;1H;/p-1. The molecule has 0 aliphatic carbocycles. The maximum absolute atomic E-state index is 7.50. The quantitative estimate of drug-likeness (QED) is 0.142. The van der Waals surface area contributed by atoms with Crippen molar-refractivity contribution in [2.45, 2.75) is 79.1 Å². The molecular formula is C32H38Cl3N6O3Re-. The summed E-state index contributed by atoms with van der Waals surface area (Å²) in [6, 6.07) is 13.0. The number of nitrogens with zero attached hydrogens (tertiary/aromatic N) is 6. The zero-order valence-corrected chi connectivity index (χ0v) is 31.5. The molecule has 0 aliphatic heterocycles. The molecule has 9 nitrogen and oxygen atoms in total. The van der Waals surface area contributed by atoms with Gasteiger partial charge in [0.05, 0.1) is 29.1 Å². The molecule has 4 rings (SSSR count). The number of alkyl halides is 2. The van der Waals surface area contributed by atoms with E-state index in [0.717, 1.165) is 11.4 Å². The second-order valence-electron chi connectivity index (χ2n) is 10.4. The predicted octanol–water partition coefficient (Wildman–Crippen LogP) is 5.32. The molecule has 2 aromatic heterocycles. The van der Waals surface area contributed by atoms with E-state index in [4.69, 9.17) is 37.2 Å². The molecule has 45 heavy (non-hydrogen) atoms. The van der Waals surface area contributed by atoms with Crippen molar-refractivity contribution < 1.29 is 46.8 Å². The molecule has 2 heterocycles. The number of aromatic nitrogens is 6. The molecule has 0 saturated heterocycles. The first-order valence-corrected chi connectivity index (χ1v) is 14.5. The van der Waals surface area contributed by atoms with Gasteiger partial charge < -0.3 is 12.4 Å². The van der Waals surface area contributed by atoms with E-state index >= 15 is 0 Å². The fourth-order valence-electron chi connectivity index (χ4n) is 4.53. The fourth-order valence-corrected chi connectivity index (χ4v) is 4.53. The third kappa shape index (κ3) is 12.6. The van der Waals surface area contributed by atoms with Gasteiger partial charge in [0.1, 0.15) is 11.4 Å². The van der Waals surface area contributed by atoms with Gasteiger partial charge >= 0.3 is 33.9 Å². The summed E-state index contributed by atoms with van der Waals surface area (Å²) in [5, 5.41) is 18.2. The van der Waals surface area contributed by atoms with Crippen LogP contribution in [0.5, 0.6) is 0 Å². The summed E-state index contributed by atoms with van der Waals surface area (Å²) in [5.41, 5.74) is 8.71. The molecule has 4 aromatic rings. The van der Waals surface area contributed by atoms with Crippen LogP contribution in [-0.4, -0.2) is 35.3 Å². The number of benzene rings is 2. The molecule has 0 atom stereocenters. The van der Waals surface area contributed by atoms with Crippen molar-refractivity contribution >= 4 is 23.2 Å². The smallest absolute Gasteiger partial charge is 0 e. The number of rotatable bonds is 7. The van der Waals surface area contributed by atoms with E-state index in [1.54, 1.807) is 0 Å². The summed E-state index contributed by atoms with van der Waals surface area (Å²) in [6.07, 6.45) is 3.94. The van der Waals surface area contributed by atoms with Gasteiger partial charge in [0, 0.05) is 20.4 Å². The Balaban J connectivity index is -0.00000146. The second kappa shape index (κ2) is 24.7. The molecule has 0 aliphatic rings. The largest absolute Gasteiger partial charge is 1.00 e. The maximum Gasteiger partial charge on any atom is 0 e. The van der Waals surface area contributed by atoms with Crippen LogP contribution in [-0.2, 0) is 34.4 Å². The first-order valence-electron chi connectivity index (χ1n) is 13.4. The molecule has 0 unspecified atom stereocenters. The molecule has 0 bridgehead atoms. The normalized spacial score (nSPS) is 9.60. The molecule has 0 amide bonds. The zero-order chi connectivity index (χ0) is 33.3. The summed E-state index contributed by atoms with van der Waals surface area (Å²) in [4.78, 5) is 0. The van der Waals surface area contributed by atoms with Gasteiger partial charge in [0.15, 0.2) is 0 Å². The molecule has 13 heteroatoms. The van der Waals surface area contributed by atoms with Crippen molar-refractivity contribution in [2.24, 2.45) is 0 Å². The van der Waals surface area contributed by atoms with Crippen molar-refractivity contribution in [1.29, 1.82) is 0 Å². The predicted molar refractivity (Wildman–Crippen MR) is 166 cm³/mol. The Hall–Kier alpha value is -2.53. The van der Waals surface area contributed by atoms with E-state index in [0.29, 0.717) is 35.1 Å². The maximum atomic E-state index is 7.50. The minimum atomic E-state index is 0. The third-order valence-electron chi connectivity index (χ3n) is 6.39. The van der Waals surface area contributed by atoms with E-state index in [9.17, 15) is 0 Å². The van der Waals surface area contributed by atoms with E-state index in [1.165, 1.54) is 22.3 Å². The Bertz CT molecular complexity index is 1300. The van der Waals surface area contributed by atoms with Crippen LogP contribution in [0.4, 0.5) is 0 Å². The Kier molecular flexibility index (Phi) is 25.7. The summed E-state index contributed by atoms with van der Waals surface area (Å²) in [5.74, 6) is 1.52. The average Bonchev–Trinajstić information content (AvgIpc) is 3.70. The third-order valence-corrected chi connectivity index (χ3v) is 6.39. The van der Waals surface area contributed by atoms with Gasteiger partial charge in [0.2, 0.25) is 0 Å². The Morgan fingerprint density at radius 3 is 1.00 bits per heavy atom. The van der Waals surface area contributed by atoms with Crippen LogP contribution in [0.2, 0.25) is 0 Å². The van der Waals surface area contributed by atoms with Crippen molar-refractivity contribution in [2.75, 3.05) is 5.34 Å². The molecule has 0 saturated carbocycles. The summed E-state index contributed by atoms with van der Waals surface area (Å²) < 4.78 is 26.3. The van der Waals surface area contributed by atoms with Crippen LogP contribution in [0.3, 0.4) is 0 Å². The van der Waals surface area contributed by atoms with Crippen molar-refractivity contribution in [3.8, 4) is 22.8 Å². The minimum absolute atomic E-state index is 0. The number of hydrogen-bond donors (Lipinski definition) is 0. The molecule has 2 aromatic carbocycles. The number of hydrogen-bond acceptors (Lipinski definition) is 4. The first kappa shape index (κ1) is 46.9. The van der Waals surface area contributed by atoms with Crippen molar-refractivity contribution in [3.05, 3.63) is 91.0 Å². The van der Waals surface area contributed by atoms with Gasteiger partial charge in [-0.25, -0.2) is 9.36 Å². The minimum Gasteiger partial charge on any atom is -1.00 e. The summed E-state index contributed by atoms with van der Waals surface area (Å²) in [6.45, 7) is 31.2. The SMILES string of the molecule is CC(C)c1cccc(C(C)C)c1-n1cc(-c2cn(-c3c(C(C)C)cccc3C(C)C)nn2)nn1.ClCCl.[C-]#[O+].[C-]#[O+].[C-]#[O+].[Cl-].[Re]. The monoisotopic (exact) mass is 846 g/mol. The Morgan fingerprint density at radius 1 is 0.578 bits per heavy atom. The summed E-state index contributed by atoms with van der Waals surface area (Å²) >= 11 is 9.53. The zero-order valence-electron chi connectivity index (χ0n) is 26.6. The topological polar surface area (TPSA) is 121 Å². The molecule has 0 fully saturated rings. The van der Waals surface area contributed by atoms with Gasteiger partial charge in [-0.05, 0) is 45.9 Å². The van der Waals surface area contributed by atoms with E-state index in [-0.39, 0.29) is 38.2 Å². The van der Waals surface area contributed by atoms with Crippen LogP contribution >= 0.6 is 23.2 Å². The molecular weight excluding hydrogens is 809 g/mol. The van der Waals surface area contributed by atoms with Gasteiger partial charge in [-0.3, -0.25) is 0 Å². The molecule has 243 valence electrons. The second-order valence-corrected chi connectivity index (χ2v) is 11.2. The number of para-hydroxylation sites is 2. The van der Waals surface area contributed by atoms with Crippen molar-refractivity contribution in [1.82, 2.24) is 30.0 Å². The number of halogens is 3. The van der Waals surface area contributed by atoms with Gasteiger partial charge in [-0.1, -0.05) is 102 Å². The molecule has 1 radical (unpaired) electrons. The van der Waals surface area contributed by atoms with E-state index in [2.05, 4.69) is 132 Å². The van der Waals surface area contributed by atoms with Crippen LogP contribution in [0, 0.1) is 20.0 Å². The van der Waals surface area contributed by atoms with E-state index in [1.807, 2.05) is 21.8 Å². The summed E-state index contributed by atoms with van der Waals surface area (Å²) in [7, 11) is 0. The van der Waals surface area contributed by atoms with Gasteiger partial charge in [-0.15, -0.1) is 33.4 Å². The van der Waals surface area contributed by atoms with Crippen LogP contribution in [0.15, 0.2) is 48.8 Å². The van der Waals surface area contributed by atoms with Crippen molar-refractivity contribution in [3.63, 3.8) is 0 Å². The Morgan fingerprint density at radius 2 is 0.800 bits per heavy atom. The van der Waals surface area contributed by atoms with Crippen LogP contribution < -0.4 is 12.4 Å². The van der Waals surface area contributed by atoms with Gasteiger partial charge in [-0.2, -0.15) is 0 Å². The molecule has 0 spiro atoms. The van der Waals surface area contributed by atoms with E-state index < -0.39 is 0 Å². The first-order chi connectivity index (χ1) is 20.6. The van der Waals surface area contributed by atoms with Crippen LogP contribution in [0.25, 0.3) is 22.8 Å². The average molecular weight is 847 g/mol. The molecule has 0 N–H and O–H groups in total. The van der Waals surface area contributed by atoms with Gasteiger partial charge in [0.25, 0.3) is 0 Å².